The Morgan fingerprint density at radius 2 is 2.33 bits per heavy atom. The van der Waals surface area contributed by atoms with Crippen LogP contribution in [0.15, 0.2) is 16.7 Å². The smallest absolute Gasteiger partial charge is 0.262 e. The summed E-state index contributed by atoms with van der Waals surface area (Å²) in [6.07, 6.45) is 0. The average molecular weight is 227 g/mol. The zero-order chi connectivity index (χ0) is 10.8. The molecule has 0 saturated carbocycles. The Hall–Kier alpha value is -1.26. The monoisotopic (exact) mass is 226 g/mol. The highest BCUT2D eigenvalue weighted by Gasteiger charge is 2.13. The van der Waals surface area contributed by atoms with E-state index in [2.05, 4.69) is 5.16 Å². The fraction of sp³-hybridized carbons (Fsp3) is 0.300. The van der Waals surface area contributed by atoms with E-state index >= 15 is 0 Å². The Kier molecular flexibility index (Phi) is 2.79. The average Bonchev–Trinajstić information content (AvgIpc) is 2.64. The van der Waals surface area contributed by atoms with E-state index in [1.54, 1.807) is 12.1 Å². The summed E-state index contributed by atoms with van der Waals surface area (Å²) in [7, 11) is 0. The van der Waals surface area contributed by atoms with Gasteiger partial charge in [0.2, 0.25) is 0 Å². The van der Waals surface area contributed by atoms with Gasteiger partial charge >= 0.3 is 0 Å². The topological polar surface area (TPSA) is 61.3 Å². The van der Waals surface area contributed by atoms with E-state index in [1.807, 2.05) is 6.92 Å². The van der Waals surface area contributed by atoms with Crippen molar-refractivity contribution >= 4 is 22.6 Å². The molecule has 2 aromatic rings. The van der Waals surface area contributed by atoms with Gasteiger partial charge < -0.3 is 15.0 Å². The van der Waals surface area contributed by atoms with Crippen molar-refractivity contribution in [2.24, 2.45) is 5.73 Å². The molecule has 0 atom stereocenters. The van der Waals surface area contributed by atoms with Gasteiger partial charge in [0.15, 0.2) is 5.58 Å². The number of ether oxygens (including phenoxy) is 1. The van der Waals surface area contributed by atoms with Gasteiger partial charge in [0.05, 0.1) is 5.39 Å². The number of hydrogen-bond donors (Lipinski definition) is 1. The van der Waals surface area contributed by atoms with Gasteiger partial charge in [-0.25, -0.2) is 0 Å². The zero-order valence-corrected chi connectivity index (χ0v) is 9.04. The van der Waals surface area contributed by atoms with E-state index in [-0.39, 0.29) is 0 Å². The molecule has 0 amide bonds. The minimum atomic E-state index is 0.410. The minimum Gasteiger partial charge on any atom is -0.474 e. The Balaban J connectivity index is 2.51. The first-order chi connectivity index (χ1) is 7.24. The Morgan fingerprint density at radius 1 is 1.53 bits per heavy atom. The largest absolute Gasteiger partial charge is 0.474 e. The van der Waals surface area contributed by atoms with Crippen molar-refractivity contribution in [3.05, 3.63) is 22.7 Å². The second kappa shape index (κ2) is 4.08. The van der Waals surface area contributed by atoms with Crippen LogP contribution in [0.25, 0.3) is 11.0 Å². The lowest BCUT2D eigenvalue weighted by molar-refractivity contribution is 0.293. The molecule has 2 N–H and O–H groups in total. The van der Waals surface area contributed by atoms with Gasteiger partial charge in [-0.05, 0) is 29.8 Å². The highest BCUT2D eigenvalue weighted by atomic mass is 35.5. The molecule has 0 saturated heterocycles. The quantitative estimate of drug-likeness (QED) is 0.871. The van der Waals surface area contributed by atoms with E-state index in [1.165, 1.54) is 0 Å². The summed E-state index contributed by atoms with van der Waals surface area (Å²) in [5, 5.41) is 5.31. The number of halogens is 1. The second-order valence-corrected chi connectivity index (χ2v) is 3.58. The summed E-state index contributed by atoms with van der Waals surface area (Å²) in [6, 6.07) is 3.55. The van der Waals surface area contributed by atoms with Crippen LogP contribution in [0.4, 0.5) is 0 Å². The van der Waals surface area contributed by atoms with Crippen molar-refractivity contribution in [2.75, 3.05) is 13.2 Å². The highest BCUT2D eigenvalue weighted by Crippen LogP contribution is 2.32. The van der Waals surface area contributed by atoms with Gasteiger partial charge in [0.1, 0.15) is 6.61 Å². The van der Waals surface area contributed by atoms with Gasteiger partial charge in [0.25, 0.3) is 5.88 Å². The summed E-state index contributed by atoms with van der Waals surface area (Å²) in [5.41, 5.74) is 6.92. The van der Waals surface area contributed by atoms with E-state index < -0.39 is 0 Å². The number of aryl methyl sites for hydroxylation is 1. The fourth-order valence-corrected chi connectivity index (χ4v) is 1.55. The first-order valence-electron chi connectivity index (χ1n) is 4.61. The number of rotatable bonds is 3. The normalized spacial score (nSPS) is 10.9. The van der Waals surface area contributed by atoms with Crippen LogP contribution < -0.4 is 10.5 Å². The van der Waals surface area contributed by atoms with Gasteiger partial charge in [-0.3, -0.25) is 0 Å². The molecule has 0 bridgehead atoms. The van der Waals surface area contributed by atoms with Crippen LogP contribution in [0.2, 0.25) is 5.02 Å². The first-order valence-corrected chi connectivity index (χ1v) is 4.99. The summed E-state index contributed by atoms with van der Waals surface area (Å²) in [6.45, 7) is 2.75. The van der Waals surface area contributed by atoms with E-state index in [9.17, 15) is 0 Å². The third-order valence-electron chi connectivity index (χ3n) is 2.16. The molecule has 1 heterocycles. The fourth-order valence-electron chi connectivity index (χ4n) is 1.39. The first kappa shape index (κ1) is 10.3. The van der Waals surface area contributed by atoms with Crippen LogP contribution in [0, 0.1) is 6.92 Å². The van der Waals surface area contributed by atoms with Crippen molar-refractivity contribution in [3.63, 3.8) is 0 Å². The van der Waals surface area contributed by atoms with Gasteiger partial charge in [-0.2, -0.15) is 0 Å². The molecule has 0 spiro atoms. The molecule has 5 heteroatoms. The van der Waals surface area contributed by atoms with E-state index in [4.69, 9.17) is 26.6 Å². The Bertz CT molecular complexity index is 481. The third kappa shape index (κ3) is 1.78. The lowest BCUT2D eigenvalue weighted by Gasteiger charge is -2.02. The summed E-state index contributed by atoms with van der Waals surface area (Å²) in [4.78, 5) is 0. The van der Waals surface area contributed by atoms with Gasteiger partial charge in [0, 0.05) is 11.6 Å². The molecule has 0 aliphatic heterocycles. The lowest BCUT2D eigenvalue weighted by Crippen LogP contribution is -2.10. The molecule has 1 aromatic carbocycles. The number of nitrogens with two attached hydrogens (primary N) is 1. The maximum atomic E-state index is 6.00. The predicted molar refractivity (Wildman–Crippen MR) is 58.3 cm³/mol. The predicted octanol–water partition coefficient (Wildman–Crippen LogP) is 2.13. The standard InChI is InChI=1S/C10H11ClN2O2/c1-6-7(11)2-3-8-9(6)10(13-15-8)14-5-4-12/h2-3H,4-5,12H2,1H3. The molecule has 4 nitrogen and oxygen atoms in total. The molecule has 0 fully saturated rings. The molecule has 15 heavy (non-hydrogen) atoms. The number of aromatic nitrogens is 1. The molecule has 0 aliphatic rings. The van der Waals surface area contributed by atoms with Crippen LogP contribution in [-0.4, -0.2) is 18.3 Å². The third-order valence-corrected chi connectivity index (χ3v) is 2.57. The number of benzene rings is 1. The van der Waals surface area contributed by atoms with Gasteiger partial charge in [-0.15, -0.1) is 0 Å². The second-order valence-electron chi connectivity index (χ2n) is 3.17. The van der Waals surface area contributed by atoms with Crippen LogP contribution >= 0.6 is 11.6 Å². The van der Waals surface area contributed by atoms with Crippen molar-refractivity contribution in [1.29, 1.82) is 0 Å². The summed E-state index contributed by atoms with van der Waals surface area (Å²) >= 11 is 6.00. The Morgan fingerprint density at radius 3 is 3.07 bits per heavy atom. The number of hydrogen-bond acceptors (Lipinski definition) is 4. The van der Waals surface area contributed by atoms with Crippen molar-refractivity contribution in [2.45, 2.75) is 6.92 Å². The van der Waals surface area contributed by atoms with E-state index in [0.29, 0.717) is 29.6 Å². The minimum absolute atomic E-state index is 0.410. The summed E-state index contributed by atoms with van der Waals surface area (Å²) < 4.78 is 10.5. The van der Waals surface area contributed by atoms with Crippen molar-refractivity contribution < 1.29 is 9.26 Å². The van der Waals surface area contributed by atoms with Crippen molar-refractivity contribution in [1.82, 2.24) is 5.16 Å². The van der Waals surface area contributed by atoms with Crippen LogP contribution in [-0.2, 0) is 0 Å². The van der Waals surface area contributed by atoms with Crippen molar-refractivity contribution in [3.8, 4) is 5.88 Å². The van der Waals surface area contributed by atoms with Crippen LogP contribution in [0.5, 0.6) is 5.88 Å². The van der Waals surface area contributed by atoms with E-state index in [0.717, 1.165) is 10.9 Å². The van der Waals surface area contributed by atoms with Crippen LogP contribution in [0.1, 0.15) is 5.56 Å². The van der Waals surface area contributed by atoms with Gasteiger partial charge in [-0.1, -0.05) is 11.6 Å². The molecule has 1 aromatic heterocycles. The molecule has 80 valence electrons. The molecular weight excluding hydrogens is 216 g/mol. The maximum absolute atomic E-state index is 6.00. The Labute approximate surface area is 91.9 Å². The lowest BCUT2D eigenvalue weighted by atomic mass is 10.1. The maximum Gasteiger partial charge on any atom is 0.262 e. The molecule has 2 rings (SSSR count). The molecular formula is C10H11ClN2O2. The SMILES string of the molecule is Cc1c(Cl)ccc2onc(OCCN)c12. The molecule has 0 unspecified atom stereocenters. The molecule has 0 aliphatic carbocycles. The summed E-state index contributed by atoms with van der Waals surface area (Å²) in [5.74, 6) is 0.454. The highest BCUT2D eigenvalue weighted by molar-refractivity contribution is 6.32. The van der Waals surface area contributed by atoms with Crippen LogP contribution in [0.3, 0.4) is 0 Å². The number of nitrogens with zero attached hydrogens (tertiary/aromatic N) is 1. The molecule has 0 radical (unpaired) electrons. The zero-order valence-electron chi connectivity index (χ0n) is 8.29. The number of fused-ring (bicyclic) bond motifs is 1.